The van der Waals surface area contributed by atoms with Crippen molar-refractivity contribution in [3.05, 3.63) is 37.0 Å². The number of esters is 1. The maximum Gasteiger partial charge on any atom is 0.305 e. The zero-order valence-electron chi connectivity index (χ0n) is 15.7. The first-order chi connectivity index (χ1) is 11.2. The molecule has 0 amide bonds. The largest absolute Gasteiger partial charge is 0.469 e. The SMILES string of the molecule is C=CC/C=C/C/C=C/CC.CCCCCCCCCC(=O)OC. The van der Waals surface area contributed by atoms with E-state index in [0.29, 0.717) is 6.42 Å². The molecule has 0 N–H and O–H groups in total. The summed E-state index contributed by atoms with van der Waals surface area (Å²) in [5, 5.41) is 0. The van der Waals surface area contributed by atoms with Crippen molar-refractivity contribution in [2.45, 2.75) is 84.5 Å². The molecule has 0 atom stereocenters. The summed E-state index contributed by atoms with van der Waals surface area (Å²) in [5.74, 6) is -0.0754. The molecule has 0 aliphatic heterocycles. The van der Waals surface area contributed by atoms with Crippen molar-refractivity contribution in [1.82, 2.24) is 0 Å². The molecule has 0 saturated heterocycles. The smallest absolute Gasteiger partial charge is 0.305 e. The third-order valence-corrected chi connectivity index (χ3v) is 3.36. The topological polar surface area (TPSA) is 26.3 Å². The maximum absolute atomic E-state index is 10.7. The lowest BCUT2D eigenvalue weighted by atomic mass is 10.1. The van der Waals surface area contributed by atoms with Crippen LogP contribution in [0.5, 0.6) is 0 Å². The summed E-state index contributed by atoms with van der Waals surface area (Å²) in [6, 6.07) is 0. The van der Waals surface area contributed by atoms with E-state index in [1.807, 2.05) is 6.08 Å². The molecule has 134 valence electrons. The highest BCUT2D eigenvalue weighted by Gasteiger charge is 1.98. The molecule has 0 aromatic rings. The van der Waals surface area contributed by atoms with Crippen molar-refractivity contribution in [3.63, 3.8) is 0 Å². The summed E-state index contributed by atoms with van der Waals surface area (Å²) in [6.07, 6.45) is 23.0. The Morgan fingerprint density at radius 1 is 0.870 bits per heavy atom. The van der Waals surface area contributed by atoms with Crippen molar-refractivity contribution in [1.29, 1.82) is 0 Å². The lowest BCUT2D eigenvalue weighted by Crippen LogP contribution is -1.99. The number of allylic oxidation sites excluding steroid dienone is 5. The second-order valence-corrected chi connectivity index (χ2v) is 5.56. The lowest BCUT2D eigenvalue weighted by Gasteiger charge is -2.00. The highest BCUT2D eigenvalue weighted by molar-refractivity contribution is 5.68. The van der Waals surface area contributed by atoms with Gasteiger partial charge in [0.05, 0.1) is 7.11 Å². The molecule has 0 unspecified atom stereocenters. The number of hydrogen-bond acceptors (Lipinski definition) is 2. The van der Waals surface area contributed by atoms with E-state index in [9.17, 15) is 4.79 Å². The van der Waals surface area contributed by atoms with Crippen LogP contribution in [0.1, 0.15) is 84.5 Å². The first kappa shape index (κ1) is 23.9. The van der Waals surface area contributed by atoms with E-state index in [1.165, 1.54) is 45.6 Å². The van der Waals surface area contributed by atoms with E-state index in [-0.39, 0.29) is 5.97 Å². The quantitative estimate of drug-likeness (QED) is 0.212. The minimum Gasteiger partial charge on any atom is -0.469 e. The van der Waals surface area contributed by atoms with Gasteiger partial charge in [0.1, 0.15) is 0 Å². The fourth-order valence-corrected chi connectivity index (χ4v) is 1.96. The summed E-state index contributed by atoms with van der Waals surface area (Å²) in [7, 11) is 1.45. The predicted molar refractivity (Wildman–Crippen MR) is 103 cm³/mol. The Morgan fingerprint density at radius 3 is 2.00 bits per heavy atom. The molecule has 0 bridgehead atoms. The Hall–Kier alpha value is -1.31. The average molecular weight is 323 g/mol. The molecule has 0 saturated carbocycles. The molecule has 0 fully saturated rings. The van der Waals surface area contributed by atoms with Gasteiger partial charge in [0.25, 0.3) is 0 Å². The highest BCUT2D eigenvalue weighted by atomic mass is 16.5. The molecule has 0 aliphatic rings. The van der Waals surface area contributed by atoms with E-state index in [2.05, 4.69) is 49.5 Å². The molecule has 0 radical (unpaired) electrons. The minimum absolute atomic E-state index is 0.0754. The molecule has 0 rings (SSSR count). The van der Waals surface area contributed by atoms with Crippen molar-refractivity contribution in [3.8, 4) is 0 Å². The van der Waals surface area contributed by atoms with Crippen LogP contribution in [0.3, 0.4) is 0 Å². The van der Waals surface area contributed by atoms with Gasteiger partial charge in [0.2, 0.25) is 0 Å². The summed E-state index contributed by atoms with van der Waals surface area (Å²) in [4.78, 5) is 10.7. The van der Waals surface area contributed by atoms with Crippen LogP contribution >= 0.6 is 0 Å². The Bertz CT molecular complexity index is 303. The Balaban J connectivity index is 0. The molecule has 0 aliphatic carbocycles. The number of ether oxygens (including phenoxy) is 1. The summed E-state index contributed by atoms with van der Waals surface area (Å²) in [6.45, 7) is 7.99. The maximum atomic E-state index is 10.7. The fourth-order valence-electron chi connectivity index (χ4n) is 1.96. The summed E-state index contributed by atoms with van der Waals surface area (Å²) < 4.78 is 4.56. The zero-order valence-corrected chi connectivity index (χ0v) is 15.7. The van der Waals surface area contributed by atoms with Crippen LogP contribution < -0.4 is 0 Å². The van der Waals surface area contributed by atoms with Crippen LogP contribution in [-0.2, 0) is 9.53 Å². The fraction of sp³-hybridized carbons (Fsp3) is 0.667. The molecule has 0 aromatic carbocycles. The first-order valence-electron chi connectivity index (χ1n) is 9.20. The molecule has 2 nitrogen and oxygen atoms in total. The molecule has 0 spiro atoms. The van der Waals surface area contributed by atoms with Gasteiger partial charge in [-0.05, 0) is 25.7 Å². The average Bonchev–Trinajstić information content (AvgIpc) is 2.57. The van der Waals surface area contributed by atoms with E-state index >= 15 is 0 Å². The Labute approximate surface area is 144 Å². The normalized spacial score (nSPS) is 10.6. The highest BCUT2D eigenvalue weighted by Crippen LogP contribution is 2.08. The monoisotopic (exact) mass is 322 g/mol. The third kappa shape index (κ3) is 25.9. The van der Waals surface area contributed by atoms with E-state index in [1.54, 1.807) is 0 Å². The third-order valence-electron chi connectivity index (χ3n) is 3.36. The molecule has 2 heteroatoms. The first-order valence-corrected chi connectivity index (χ1v) is 9.20. The molecule has 0 heterocycles. The van der Waals surface area contributed by atoms with Crippen LogP contribution in [0, 0.1) is 0 Å². The van der Waals surface area contributed by atoms with Crippen molar-refractivity contribution < 1.29 is 9.53 Å². The molecular formula is C21H38O2. The van der Waals surface area contributed by atoms with Crippen LogP contribution in [0.2, 0.25) is 0 Å². The Kier molecular flexibility index (Phi) is 23.9. The molecular weight excluding hydrogens is 284 g/mol. The van der Waals surface area contributed by atoms with Crippen molar-refractivity contribution in [2.24, 2.45) is 0 Å². The minimum atomic E-state index is -0.0754. The number of rotatable bonds is 13. The van der Waals surface area contributed by atoms with Gasteiger partial charge in [-0.25, -0.2) is 0 Å². The van der Waals surface area contributed by atoms with Gasteiger partial charge in [-0.3, -0.25) is 4.79 Å². The van der Waals surface area contributed by atoms with Gasteiger partial charge < -0.3 is 4.74 Å². The number of unbranched alkanes of at least 4 members (excludes halogenated alkanes) is 6. The predicted octanol–water partition coefficient (Wildman–Crippen LogP) is 6.78. The molecule has 0 aromatic heterocycles. The van der Waals surface area contributed by atoms with Crippen molar-refractivity contribution in [2.75, 3.05) is 7.11 Å². The number of carbonyl (C=O) groups excluding carboxylic acids is 1. The van der Waals surface area contributed by atoms with Crippen LogP contribution in [0.4, 0.5) is 0 Å². The second kappa shape index (κ2) is 23.0. The lowest BCUT2D eigenvalue weighted by molar-refractivity contribution is -0.140. The number of hydrogen-bond donors (Lipinski definition) is 0. The van der Waals surface area contributed by atoms with Crippen LogP contribution in [0.25, 0.3) is 0 Å². The van der Waals surface area contributed by atoms with Gasteiger partial charge in [0.15, 0.2) is 0 Å². The van der Waals surface area contributed by atoms with Gasteiger partial charge in [-0.1, -0.05) is 82.8 Å². The number of methoxy groups -OCH3 is 1. The summed E-state index contributed by atoms with van der Waals surface area (Å²) in [5.41, 5.74) is 0. The van der Waals surface area contributed by atoms with E-state index in [4.69, 9.17) is 0 Å². The summed E-state index contributed by atoms with van der Waals surface area (Å²) >= 11 is 0. The van der Waals surface area contributed by atoms with Gasteiger partial charge in [-0.15, -0.1) is 6.58 Å². The van der Waals surface area contributed by atoms with Gasteiger partial charge in [0, 0.05) is 6.42 Å². The van der Waals surface area contributed by atoms with Gasteiger partial charge >= 0.3 is 5.97 Å². The Morgan fingerprint density at radius 2 is 1.43 bits per heavy atom. The standard InChI is InChI=1S/C11H22O2.C10H16/c1-3-4-5-6-7-8-9-10-11(12)13-2;1-3-5-7-9-10-8-6-4-2/h3-10H2,1-2H3;3,6-9H,1,4-5,10H2,2H3/b;8-6+,9-7+. The van der Waals surface area contributed by atoms with E-state index in [0.717, 1.165) is 25.7 Å². The van der Waals surface area contributed by atoms with Crippen LogP contribution in [0.15, 0.2) is 37.0 Å². The van der Waals surface area contributed by atoms with Crippen LogP contribution in [-0.4, -0.2) is 13.1 Å². The second-order valence-electron chi connectivity index (χ2n) is 5.56. The van der Waals surface area contributed by atoms with Gasteiger partial charge in [-0.2, -0.15) is 0 Å². The molecule has 23 heavy (non-hydrogen) atoms. The van der Waals surface area contributed by atoms with E-state index < -0.39 is 0 Å². The van der Waals surface area contributed by atoms with Crippen molar-refractivity contribution >= 4 is 5.97 Å². The zero-order chi connectivity index (χ0) is 17.6. The number of carbonyl (C=O) groups is 1.